The molecule has 1 aromatic rings. The van der Waals surface area contributed by atoms with Crippen LogP contribution in [0.5, 0.6) is 5.75 Å². The Kier molecular flexibility index (Phi) is 10.4. The van der Waals surface area contributed by atoms with Crippen LogP contribution in [0, 0.1) is 6.92 Å². The van der Waals surface area contributed by atoms with Crippen LogP contribution in [0.2, 0.25) is 0 Å². The lowest BCUT2D eigenvalue weighted by molar-refractivity contribution is -0.00833. The summed E-state index contributed by atoms with van der Waals surface area (Å²) >= 11 is 0. The highest BCUT2D eigenvalue weighted by Crippen LogP contribution is 2.19. The predicted octanol–water partition coefficient (Wildman–Crippen LogP) is 2.44. The molecule has 0 spiro atoms. The van der Waals surface area contributed by atoms with Gasteiger partial charge in [-0.1, -0.05) is 17.7 Å². The first-order valence-electron chi connectivity index (χ1n) is 9.37. The Morgan fingerprint density at radius 2 is 1.96 bits per heavy atom. The molecule has 0 amide bonds. The van der Waals surface area contributed by atoms with Gasteiger partial charge in [0, 0.05) is 38.8 Å². The molecule has 6 nitrogen and oxygen atoms in total. The van der Waals surface area contributed by atoms with Crippen LogP contribution in [-0.2, 0) is 11.2 Å². The van der Waals surface area contributed by atoms with E-state index in [1.807, 2.05) is 13.1 Å². The van der Waals surface area contributed by atoms with Crippen molar-refractivity contribution in [3.63, 3.8) is 0 Å². The molecule has 1 heterocycles. The average molecular weight is 490 g/mol. The highest BCUT2D eigenvalue weighted by Gasteiger charge is 2.28. The van der Waals surface area contributed by atoms with Crippen LogP contribution in [0.4, 0.5) is 0 Å². The van der Waals surface area contributed by atoms with E-state index in [1.54, 1.807) is 7.11 Å². The van der Waals surface area contributed by atoms with Gasteiger partial charge >= 0.3 is 0 Å². The first kappa shape index (κ1) is 24.0. The zero-order valence-electron chi connectivity index (χ0n) is 17.3. The largest absolute Gasteiger partial charge is 0.496 e. The molecule has 1 aromatic carbocycles. The van der Waals surface area contributed by atoms with E-state index in [-0.39, 0.29) is 29.5 Å². The number of hydrogen-bond donors (Lipinski definition) is 2. The van der Waals surface area contributed by atoms with Gasteiger partial charge in [-0.25, -0.2) is 0 Å². The van der Waals surface area contributed by atoms with Crippen molar-refractivity contribution >= 4 is 29.9 Å². The third-order valence-corrected chi connectivity index (χ3v) is 4.90. The van der Waals surface area contributed by atoms with Crippen molar-refractivity contribution in [1.29, 1.82) is 0 Å². The van der Waals surface area contributed by atoms with E-state index in [9.17, 15) is 0 Å². The second kappa shape index (κ2) is 11.7. The molecule has 1 aliphatic rings. The van der Waals surface area contributed by atoms with Gasteiger partial charge in [0.05, 0.1) is 20.3 Å². The number of morpholine rings is 1. The molecule has 0 saturated carbocycles. The maximum atomic E-state index is 5.46. The van der Waals surface area contributed by atoms with E-state index in [0.29, 0.717) is 0 Å². The maximum absolute atomic E-state index is 5.46. The number of ether oxygens (including phenoxy) is 2. The van der Waals surface area contributed by atoms with Crippen molar-refractivity contribution in [3.8, 4) is 5.75 Å². The molecule has 0 atom stereocenters. The number of aryl methyl sites for hydroxylation is 1. The van der Waals surface area contributed by atoms with Crippen molar-refractivity contribution in [1.82, 2.24) is 15.5 Å². The number of rotatable bonds is 7. The monoisotopic (exact) mass is 490 g/mol. The van der Waals surface area contributed by atoms with Crippen LogP contribution < -0.4 is 15.4 Å². The summed E-state index contributed by atoms with van der Waals surface area (Å²) in [6, 6.07) is 6.28. The van der Waals surface area contributed by atoms with E-state index >= 15 is 0 Å². The molecular weight excluding hydrogens is 455 g/mol. The smallest absolute Gasteiger partial charge is 0.191 e. The molecule has 0 aliphatic carbocycles. The second-order valence-corrected chi connectivity index (χ2v) is 7.33. The normalized spacial score (nSPS) is 15.8. The van der Waals surface area contributed by atoms with E-state index in [2.05, 4.69) is 53.4 Å². The molecule has 2 N–H and O–H groups in total. The van der Waals surface area contributed by atoms with Gasteiger partial charge in [0.15, 0.2) is 5.96 Å². The minimum absolute atomic E-state index is 0. The molecule has 1 saturated heterocycles. The molecule has 0 aromatic heterocycles. The van der Waals surface area contributed by atoms with Gasteiger partial charge < -0.3 is 20.1 Å². The quantitative estimate of drug-likeness (QED) is 0.350. The number of guanidine groups is 1. The number of nitrogens with one attached hydrogen (secondary N) is 2. The Hall–Kier alpha value is -1.06. The molecule has 27 heavy (non-hydrogen) atoms. The Morgan fingerprint density at radius 1 is 1.26 bits per heavy atom. The highest BCUT2D eigenvalue weighted by molar-refractivity contribution is 14.0. The van der Waals surface area contributed by atoms with Gasteiger partial charge in [0.25, 0.3) is 0 Å². The molecule has 1 aliphatic heterocycles. The average Bonchev–Trinajstić information content (AvgIpc) is 2.65. The van der Waals surface area contributed by atoms with Gasteiger partial charge in [-0.05, 0) is 38.8 Å². The van der Waals surface area contributed by atoms with Crippen molar-refractivity contribution in [2.45, 2.75) is 32.7 Å². The Labute approximate surface area is 181 Å². The number of nitrogens with zero attached hydrogens (tertiary/aromatic N) is 2. The van der Waals surface area contributed by atoms with Gasteiger partial charge in [-0.2, -0.15) is 0 Å². The zero-order valence-corrected chi connectivity index (χ0v) is 19.6. The van der Waals surface area contributed by atoms with Gasteiger partial charge in [-0.15, -0.1) is 24.0 Å². The van der Waals surface area contributed by atoms with Gasteiger partial charge in [-0.3, -0.25) is 9.89 Å². The third-order valence-electron chi connectivity index (χ3n) is 4.90. The zero-order chi connectivity index (χ0) is 19.0. The molecule has 2 rings (SSSR count). The Bertz CT molecular complexity index is 602. The van der Waals surface area contributed by atoms with E-state index in [1.165, 1.54) is 11.1 Å². The summed E-state index contributed by atoms with van der Waals surface area (Å²) in [6.45, 7) is 11.8. The standard InChI is InChI=1S/C20H34N4O2.HI/c1-16-6-7-18(25-5)17(14-16)8-9-22-19(21-4)23-15-20(2,3)24-10-12-26-13-11-24;/h6-7,14H,8-13,15H2,1-5H3,(H2,21,22,23);1H. The fourth-order valence-electron chi connectivity index (χ4n) is 3.22. The van der Waals surface area contributed by atoms with Crippen molar-refractivity contribution < 1.29 is 9.47 Å². The minimum atomic E-state index is 0. The number of benzene rings is 1. The van der Waals surface area contributed by atoms with E-state index in [0.717, 1.165) is 57.5 Å². The first-order valence-corrected chi connectivity index (χ1v) is 9.37. The predicted molar refractivity (Wildman–Crippen MR) is 123 cm³/mol. The van der Waals surface area contributed by atoms with Crippen molar-refractivity contribution in [3.05, 3.63) is 29.3 Å². The SMILES string of the molecule is CN=C(NCCc1cc(C)ccc1OC)NCC(C)(C)N1CCOCC1.I. The van der Waals surface area contributed by atoms with Crippen molar-refractivity contribution in [2.24, 2.45) is 4.99 Å². The lowest BCUT2D eigenvalue weighted by Crippen LogP contribution is -2.56. The number of hydrogen-bond acceptors (Lipinski definition) is 4. The number of aliphatic imine (C=N–C) groups is 1. The van der Waals surface area contributed by atoms with Crippen LogP contribution in [0.1, 0.15) is 25.0 Å². The van der Waals surface area contributed by atoms with Crippen molar-refractivity contribution in [2.75, 3.05) is 53.6 Å². The Morgan fingerprint density at radius 3 is 2.59 bits per heavy atom. The van der Waals surface area contributed by atoms with Crippen LogP contribution >= 0.6 is 24.0 Å². The van der Waals surface area contributed by atoms with E-state index in [4.69, 9.17) is 9.47 Å². The number of methoxy groups -OCH3 is 1. The highest BCUT2D eigenvalue weighted by atomic mass is 127. The summed E-state index contributed by atoms with van der Waals surface area (Å²) in [5.41, 5.74) is 2.51. The fourth-order valence-corrected chi connectivity index (χ4v) is 3.22. The first-order chi connectivity index (χ1) is 12.5. The summed E-state index contributed by atoms with van der Waals surface area (Å²) in [5.74, 6) is 1.77. The van der Waals surface area contributed by atoms with Crippen LogP contribution in [0.25, 0.3) is 0 Å². The second-order valence-electron chi connectivity index (χ2n) is 7.33. The summed E-state index contributed by atoms with van der Waals surface area (Å²) < 4.78 is 10.9. The molecule has 7 heteroatoms. The minimum Gasteiger partial charge on any atom is -0.496 e. The third kappa shape index (κ3) is 7.46. The summed E-state index contributed by atoms with van der Waals surface area (Å²) in [4.78, 5) is 6.81. The molecule has 154 valence electrons. The number of halogens is 1. The summed E-state index contributed by atoms with van der Waals surface area (Å²) in [6.07, 6.45) is 0.887. The molecule has 0 bridgehead atoms. The molecule has 1 fully saturated rings. The Balaban J connectivity index is 0.00000364. The topological polar surface area (TPSA) is 58.1 Å². The van der Waals surface area contributed by atoms with Crippen LogP contribution in [0.3, 0.4) is 0 Å². The fraction of sp³-hybridized carbons (Fsp3) is 0.650. The van der Waals surface area contributed by atoms with Gasteiger partial charge in [0.1, 0.15) is 5.75 Å². The van der Waals surface area contributed by atoms with E-state index < -0.39 is 0 Å². The summed E-state index contributed by atoms with van der Waals surface area (Å²) in [7, 11) is 3.53. The lowest BCUT2D eigenvalue weighted by Gasteiger charge is -2.41. The molecule has 0 radical (unpaired) electrons. The van der Waals surface area contributed by atoms with Gasteiger partial charge in [0.2, 0.25) is 0 Å². The van der Waals surface area contributed by atoms with Crippen LogP contribution in [-0.4, -0.2) is 69.9 Å². The molecular formula is C20H35IN4O2. The molecule has 0 unspecified atom stereocenters. The maximum Gasteiger partial charge on any atom is 0.191 e. The van der Waals surface area contributed by atoms with Crippen LogP contribution in [0.15, 0.2) is 23.2 Å². The summed E-state index contributed by atoms with van der Waals surface area (Å²) in [5, 5.41) is 6.86. The lowest BCUT2D eigenvalue weighted by atomic mass is 10.0.